The van der Waals surface area contributed by atoms with Gasteiger partial charge >= 0.3 is 0 Å². The SMILES string of the molecule is CCc1ccc(N[C@H]2NC(=O)/C(=C/c3cc(Br)c(OCc4cccc(C)c4)c(Br)c3)S2)cc1. The molecule has 1 saturated heterocycles. The van der Waals surface area contributed by atoms with Gasteiger partial charge in [0, 0.05) is 5.69 Å². The summed E-state index contributed by atoms with van der Waals surface area (Å²) in [5, 5.41) is 6.34. The average Bonchev–Trinajstić information content (AvgIpc) is 3.12. The molecular formula is C26H24Br2N2O2S. The fourth-order valence-electron chi connectivity index (χ4n) is 3.46. The first kappa shape index (κ1) is 23.9. The van der Waals surface area contributed by atoms with Crippen molar-refractivity contribution >= 4 is 61.3 Å². The Morgan fingerprint density at radius 2 is 1.79 bits per heavy atom. The maximum atomic E-state index is 12.5. The van der Waals surface area contributed by atoms with Gasteiger partial charge in [0.2, 0.25) is 0 Å². The lowest BCUT2D eigenvalue weighted by atomic mass is 10.1. The molecule has 0 unspecified atom stereocenters. The number of nitrogens with one attached hydrogen (secondary N) is 2. The second-order valence-electron chi connectivity index (χ2n) is 7.77. The molecule has 0 spiro atoms. The van der Waals surface area contributed by atoms with Crippen molar-refractivity contribution in [2.75, 3.05) is 5.32 Å². The quantitative estimate of drug-likeness (QED) is 0.286. The number of amides is 1. The topological polar surface area (TPSA) is 50.4 Å². The Bertz CT molecular complexity index is 1170. The molecule has 2 N–H and O–H groups in total. The van der Waals surface area contributed by atoms with E-state index < -0.39 is 0 Å². The van der Waals surface area contributed by atoms with Crippen molar-refractivity contribution in [1.29, 1.82) is 0 Å². The molecule has 0 bridgehead atoms. The fourth-order valence-corrected chi connectivity index (χ4v) is 5.90. The van der Waals surface area contributed by atoms with Crippen LogP contribution in [0.1, 0.15) is 29.2 Å². The molecule has 1 aliphatic heterocycles. The molecule has 4 nitrogen and oxygen atoms in total. The summed E-state index contributed by atoms with van der Waals surface area (Å²) < 4.78 is 7.69. The van der Waals surface area contributed by atoms with Crippen LogP contribution in [0.5, 0.6) is 5.75 Å². The van der Waals surface area contributed by atoms with E-state index >= 15 is 0 Å². The van der Waals surface area contributed by atoms with E-state index in [9.17, 15) is 4.79 Å². The Hall–Kier alpha value is -2.22. The van der Waals surface area contributed by atoms with E-state index in [0.29, 0.717) is 11.5 Å². The molecule has 33 heavy (non-hydrogen) atoms. The molecule has 1 aliphatic rings. The van der Waals surface area contributed by atoms with E-state index in [4.69, 9.17) is 4.74 Å². The standard InChI is InChI=1S/C26H24Br2N2O2S/c1-3-17-7-9-20(10-8-17)29-26-30-25(31)23(33-26)14-19-12-21(27)24(22(28)13-19)32-15-18-6-4-5-16(2)11-18/h4-14,26,29H,3,15H2,1-2H3,(H,30,31)/b23-14-/t26-/m0/s1. The molecule has 1 atom stereocenters. The first-order chi connectivity index (χ1) is 15.9. The van der Waals surface area contributed by atoms with Gasteiger partial charge in [-0.05, 0) is 92.2 Å². The smallest absolute Gasteiger partial charge is 0.260 e. The average molecular weight is 588 g/mol. The summed E-state index contributed by atoms with van der Waals surface area (Å²) in [5.41, 5.74) is 5.28. The molecule has 0 aliphatic carbocycles. The van der Waals surface area contributed by atoms with Gasteiger partial charge in [-0.25, -0.2) is 0 Å². The molecule has 1 heterocycles. The highest BCUT2D eigenvalue weighted by molar-refractivity contribution is 9.11. The summed E-state index contributed by atoms with van der Waals surface area (Å²) in [5.74, 6) is 0.645. The molecule has 170 valence electrons. The van der Waals surface area contributed by atoms with Crippen LogP contribution in [-0.4, -0.2) is 11.4 Å². The number of carbonyl (C=O) groups is 1. The third kappa shape index (κ3) is 6.22. The van der Waals surface area contributed by atoms with Crippen molar-refractivity contribution in [2.24, 2.45) is 0 Å². The van der Waals surface area contributed by atoms with Gasteiger partial charge in [0.25, 0.3) is 5.91 Å². The molecule has 0 aromatic heterocycles. The zero-order valence-corrected chi connectivity index (χ0v) is 22.3. The van der Waals surface area contributed by atoms with E-state index in [2.05, 4.69) is 80.6 Å². The number of benzene rings is 3. The number of ether oxygens (including phenoxy) is 1. The molecule has 0 saturated carbocycles. The van der Waals surface area contributed by atoms with Crippen LogP contribution in [0.4, 0.5) is 5.69 Å². The molecular weight excluding hydrogens is 564 g/mol. The second kappa shape index (κ2) is 10.8. The van der Waals surface area contributed by atoms with Crippen molar-refractivity contribution in [3.8, 4) is 5.75 Å². The van der Waals surface area contributed by atoms with Gasteiger partial charge in [-0.3, -0.25) is 4.79 Å². The lowest BCUT2D eigenvalue weighted by molar-refractivity contribution is -0.116. The van der Waals surface area contributed by atoms with Crippen LogP contribution < -0.4 is 15.4 Å². The van der Waals surface area contributed by atoms with Gasteiger partial charge in [-0.1, -0.05) is 60.6 Å². The van der Waals surface area contributed by atoms with Crippen molar-refractivity contribution in [3.63, 3.8) is 0 Å². The Morgan fingerprint density at radius 1 is 1.06 bits per heavy atom. The van der Waals surface area contributed by atoms with Gasteiger partial charge in [-0.2, -0.15) is 0 Å². The zero-order chi connectivity index (χ0) is 23.4. The first-order valence-corrected chi connectivity index (χ1v) is 13.1. The van der Waals surface area contributed by atoms with Gasteiger partial charge in [0.1, 0.15) is 12.4 Å². The highest BCUT2D eigenvalue weighted by Gasteiger charge is 2.27. The molecule has 3 aromatic carbocycles. The maximum Gasteiger partial charge on any atom is 0.260 e. The number of anilines is 1. The minimum Gasteiger partial charge on any atom is -0.487 e. The van der Waals surface area contributed by atoms with E-state index in [-0.39, 0.29) is 11.4 Å². The number of hydrogen-bond acceptors (Lipinski definition) is 4. The van der Waals surface area contributed by atoms with Crippen LogP contribution in [0.2, 0.25) is 0 Å². The second-order valence-corrected chi connectivity index (χ2v) is 10.6. The molecule has 7 heteroatoms. The number of hydrogen-bond donors (Lipinski definition) is 2. The number of rotatable bonds is 7. The van der Waals surface area contributed by atoms with Crippen LogP contribution in [0.15, 0.2) is 74.5 Å². The summed E-state index contributed by atoms with van der Waals surface area (Å²) in [4.78, 5) is 13.2. The van der Waals surface area contributed by atoms with Crippen molar-refractivity contribution < 1.29 is 9.53 Å². The number of aryl methyl sites for hydroxylation is 2. The monoisotopic (exact) mass is 586 g/mol. The molecule has 3 aromatic rings. The Kier molecular flexibility index (Phi) is 7.83. The normalized spacial score (nSPS) is 16.7. The van der Waals surface area contributed by atoms with Gasteiger partial charge in [0.15, 0.2) is 5.50 Å². The molecule has 4 rings (SSSR count). The van der Waals surface area contributed by atoms with Crippen LogP contribution in [0.25, 0.3) is 6.08 Å². The first-order valence-electron chi connectivity index (χ1n) is 10.6. The molecule has 1 fully saturated rings. The molecule has 1 amide bonds. The predicted molar refractivity (Wildman–Crippen MR) is 144 cm³/mol. The fraction of sp³-hybridized carbons (Fsp3) is 0.192. The van der Waals surface area contributed by atoms with Crippen LogP contribution >= 0.6 is 43.6 Å². The summed E-state index contributed by atoms with van der Waals surface area (Å²) in [7, 11) is 0. The lowest BCUT2D eigenvalue weighted by Crippen LogP contribution is -2.30. The summed E-state index contributed by atoms with van der Waals surface area (Å²) >= 11 is 8.70. The summed E-state index contributed by atoms with van der Waals surface area (Å²) in [6.07, 6.45) is 2.89. The van der Waals surface area contributed by atoms with Crippen LogP contribution in [-0.2, 0) is 17.8 Å². The minimum absolute atomic E-state index is 0.0882. The van der Waals surface area contributed by atoms with Gasteiger partial charge in [-0.15, -0.1) is 0 Å². The van der Waals surface area contributed by atoms with E-state index in [1.165, 1.54) is 22.9 Å². The highest BCUT2D eigenvalue weighted by Crippen LogP contribution is 2.37. The summed E-state index contributed by atoms with van der Waals surface area (Å²) in [6.45, 7) is 4.67. The Balaban J connectivity index is 1.44. The number of carbonyl (C=O) groups excluding carboxylic acids is 1. The van der Waals surface area contributed by atoms with Crippen molar-refractivity contribution in [2.45, 2.75) is 32.4 Å². The largest absolute Gasteiger partial charge is 0.487 e. The highest BCUT2D eigenvalue weighted by atomic mass is 79.9. The Labute approximate surface area is 215 Å². The third-order valence-electron chi connectivity index (χ3n) is 5.17. The lowest BCUT2D eigenvalue weighted by Gasteiger charge is -2.13. The molecule has 0 radical (unpaired) electrons. The van der Waals surface area contributed by atoms with Crippen molar-refractivity contribution in [3.05, 3.63) is 96.8 Å². The number of thioether (sulfide) groups is 1. The minimum atomic E-state index is -0.208. The maximum absolute atomic E-state index is 12.5. The van der Waals surface area contributed by atoms with Crippen LogP contribution in [0.3, 0.4) is 0 Å². The van der Waals surface area contributed by atoms with Gasteiger partial charge < -0.3 is 15.4 Å². The number of halogens is 2. The summed E-state index contributed by atoms with van der Waals surface area (Å²) in [6, 6.07) is 20.4. The van der Waals surface area contributed by atoms with E-state index in [1.807, 2.05) is 42.5 Å². The van der Waals surface area contributed by atoms with Crippen molar-refractivity contribution in [1.82, 2.24) is 5.32 Å². The third-order valence-corrected chi connectivity index (χ3v) is 7.38. The predicted octanol–water partition coefficient (Wildman–Crippen LogP) is 7.26. The zero-order valence-electron chi connectivity index (χ0n) is 18.3. The van der Waals surface area contributed by atoms with Crippen LogP contribution in [0, 0.1) is 6.92 Å². The van der Waals surface area contributed by atoms with Gasteiger partial charge in [0.05, 0.1) is 13.9 Å². The Morgan fingerprint density at radius 3 is 2.45 bits per heavy atom. The van der Waals surface area contributed by atoms with E-state index in [1.54, 1.807) is 0 Å². The van der Waals surface area contributed by atoms with E-state index in [0.717, 1.165) is 37.9 Å².